The number of pyridine rings is 1. The second kappa shape index (κ2) is 3.99. The molecule has 0 bridgehead atoms. The number of hydrogen-bond acceptors (Lipinski definition) is 4. The van der Waals surface area contributed by atoms with E-state index in [0.29, 0.717) is 16.2 Å². The average Bonchev–Trinajstić information content (AvgIpc) is 2.77. The summed E-state index contributed by atoms with van der Waals surface area (Å²) in [5.41, 5.74) is 4.23. The van der Waals surface area contributed by atoms with Crippen LogP contribution in [-0.4, -0.2) is 30.7 Å². The van der Waals surface area contributed by atoms with Crippen molar-refractivity contribution >= 4 is 28.9 Å². The predicted octanol–water partition coefficient (Wildman–Crippen LogP) is 2.12. The van der Waals surface area contributed by atoms with Crippen LogP contribution in [0.3, 0.4) is 0 Å². The molecule has 2 aliphatic rings. The van der Waals surface area contributed by atoms with Crippen molar-refractivity contribution in [2.24, 2.45) is 5.41 Å². The minimum Gasteiger partial charge on any atom is -0.368 e. The molecule has 2 fully saturated rings. The van der Waals surface area contributed by atoms with Gasteiger partial charge in [-0.3, -0.25) is 0 Å². The summed E-state index contributed by atoms with van der Waals surface area (Å²) in [5.74, 6) is 0. The van der Waals surface area contributed by atoms with E-state index in [1.807, 2.05) is 6.07 Å². The Morgan fingerprint density at radius 3 is 3.12 bits per heavy atom. The predicted molar refractivity (Wildman–Crippen MR) is 67.5 cm³/mol. The van der Waals surface area contributed by atoms with Gasteiger partial charge in [-0.15, -0.1) is 0 Å². The highest BCUT2D eigenvalue weighted by Crippen LogP contribution is 2.37. The largest absolute Gasteiger partial charge is 0.368 e. The van der Waals surface area contributed by atoms with Gasteiger partial charge in [-0.25, -0.2) is 4.98 Å². The molecule has 6 heteroatoms. The number of halogens is 2. The zero-order valence-corrected chi connectivity index (χ0v) is 10.9. The number of hydroxylamine groups is 1. The topological polar surface area (TPSA) is 37.4 Å². The summed E-state index contributed by atoms with van der Waals surface area (Å²) in [5, 5.41) is 0.845. The van der Waals surface area contributed by atoms with E-state index in [4.69, 9.17) is 28.0 Å². The van der Waals surface area contributed by atoms with Crippen LogP contribution in [0.2, 0.25) is 10.2 Å². The van der Waals surface area contributed by atoms with Crippen molar-refractivity contribution in [3.8, 4) is 0 Å². The zero-order valence-electron chi connectivity index (χ0n) is 9.41. The number of rotatable bonds is 1. The lowest BCUT2D eigenvalue weighted by Gasteiger charge is -2.22. The molecular weight excluding hydrogens is 261 g/mol. The van der Waals surface area contributed by atoms with Gasteiger partial charge in [0.15, 0.2) is 0 Å². The Balaban J connectivity index is 1.85. The molecule has 0 saturated carbocycles. The molecule has 3 rings (SSSR count). The zero-order chi connectivity index (χ0) is 12.0. The lowest BCUT2D eigenvalue weighted by atomic mass is 9.88. The molecule has 2 saturated heterocycles. The van der Waals surface area contributed by atoms with E-state index in [0.717, 1.165) is 25.4 Å². The first-order valence-electron chi connectivity index (χ1n) is 5.52. The fourth-order valence-electron chi connectivity index (χ4n) is 2.47. The van der Waals surface area contributed by atoms with Crippen molar-refractivity contribution in [3.63, 3.8) is 0 Å². The van der Waals surface area contributed by atoms with Crippen LogP contribution < -0.4 is 10.4 Å². The van der Waals surface area contributed by atoms with Crippen LogP contribution in [0.5, 0.6) is 0 Å². The number of aromatic nitrogens is 1. The number of anilines is 1. The van der Waals surface area contributed by atoms with Crippen molar-refractivity contribution in [2.75, 3.05) is 24.6 Å². The third-order valence-electron chi connectivity index (χ3n) is 3.57. The third-order valence-corrected chi connectivity index (χ3v) is 4.26. The maximum absolute atomic E-state index is 5.99. The summed E-state index contributed by atoms with van der Waals surface area (Å²) in [6, 6.07) is 2.22. The summed E-state index contributed by atoms with van der Waals surface area (Å²) >= 11 is 11.8. The monoisotopic (exact) mass is 273 g/mol. The SMILES string of the molecule is C[C@@]12CON[C@@H]1CN(c1cnc(Cl)c(Cl)c1)C2. The summed E-state index contributed by atoms with van der Waals surface area (Å²) in [7, 11) is 0. The van der Waals surface area contributed by atoms with Gasteiger partial charge >= 0.3 is 0 Å². The van der Waals surface area contributed by atoms with Crippen molar-refractivity contribution in [2.45, 2.75) is 13.0 Å². The van der Waals surface area contributed by atoms with Crippen LogP contribution >= 0.6 is 23.2 Å². The molecule has 3 heterocycles. The van der Waals surface area contributed by atoms with E-state index in [-0.39, 0.29) is 5.41 Å². The number of nitrogens with one attached hydrogen (secondary N) is 1. The highest BCUT2D eigenvalue weighted by atomic mass is 35.5. The number of fused-ring (bicyclic) bond motifs is 1. The maximum Gasteiger partial charge on any atom is 0.147 e. The fraction of sp³-hybridized carbons (Fsp3) is 0.545. The Hall–Kier alpha value is -0.550. The van der Waals surface area contributed by atoms with Crippen molar-refractivity contribution in [1.29, 1.82) is 0 Å². The van der Waals surface area contributed by atoms with Gasteiger partial charge < -0.3 is 9.74 Å². The van der Waals surface area contributed by atoms with Crippen LogP contribution in [0.1, 0.15) is 6.92 Å². The van der Waals surface area contributed by atoms with E-state index in [2.05, 4.69) is 22.3 Å². The molecular formula is C11H13Cl2N3O. The smallest absolute Gasteiger partial charge is 0.147 e. The van der Waals surface area contributed by atoms with Gasteiger partial charge in [0.2, 0.25) is 0 Å². The van der Waals surface area contributed by atoms with Crippen LogP contribution in [0, 0.1) is 5.41 Å². The van der Waals surface area contributed by atoms with Gasteiger partial charge in [-0.2, -0.15) is 5.48 Å². The minimum atomic E-state index is 0.159. The molecule has 2 atom stereocenters. The fourth-order valence-corrected chi connectivity index (χ4v) is 2.73. The summed E-state index contributed by atoms with van der Waals surface area (Å²) in [4.78, 5) is 11.6. The van der Waals surface area contributed by atoms with E-state index in [1.165, 1.54) is 0 Å². The van der Waals surface area contributed by atoms with Crippen molar-refractivity contribution in [1.82, 2.24) is 10.5 Å². The van der Waals surface area contributed by atoms with Gasteiger partial charge in [0.1, 0.15) is 5.15 Å². The first-order chi connectivity index (χ1) is 8.08. The first-order valence-corrected chi connectivity index (χ1v) is 6.27. The molecule has 4 nitrogen and oxygen atoms in total. The Morgan fingerprint density at radius 1 is 1.59 bits per heavy atom. The summed E-state index contributed by atoms with van der Waals surface area (Å²) in [6.45, 7) is 4.80. The van der Waals surface area contributed by atoms with Crippen molar-refractivity contribution < 1.29 is 4.84 Å². The number of hydrogen-bond donors (Lipinski definition) is 1. The maximum atomic E-state index is 5.99. The van der Waals surface area contributed by atoms with Crippen LogP contribution in [0.25, 0.3) is 0 Å². The summed E-state index contributed by atoms with van der Waals surface area (Å²) < 4.78 is 0. The van der Waals surface area contributed by atoms with Gasteiger partial charge in [0.05, 0.1) is 29.6 Å². The first kappa shape index (κ1) is 11.5. The quantitative estimate of drug-likeness (QED) is 0.796. The Bertz CT molecular complexity index is 456. The lowest BCUT2D eigenvalue weighted by Crippen LogP contribution is -2.33. The normalized spacial score (nSPS) is 31.9. The Morgan fingerprint density at radius 2 is 2.41 bits per heavy atom. The highest BCUT2D eigenvalue weighted by Gasteiger charge is 2.47. The standard InChI is InChI=1S/C11H13Cl2N3O/c1-11-5-16(4-9(11)15-17-6-11)7-2-8(12)10(13)14-3-7/h2-3,9,15H,4-6H2,1H3/t9-,11-/m1/s1. The minimum absolute atomic E-state index is 0.159. The van der Waals surface area contributed by atoms with Gasteiger partial charge in [0, 0.05) is 18.5 Å². The second-order valence-electron chi connectivity index (χ2n) is 4.96. The van der Waals surface area contributed by atoms with Gasteiger partial charge in [0.25, 0.3) is 0 Å². The molecule has 0 aliphatic carbocycles. The van der Waals surface area contributed by atoms with Crippen LogP contribution in [0.15, 0.2) is 12.3 Å². The molecule has 0 spiro atoms. The Kier molecular flexibility index (Phi) is 2.70. The molecule has 0 amide bonds. The third kappa shape index (κ3) is 1.89. The average molecular weight is 274 g/mol. The van der Waals surface area contributed by atoms with Crippen molar-refractivity contribution in [3.05, 3.63) is 22.4 Å². The molecule has 0 aromatic carbocycles. The van der Waals surface area contributed by atoms with Crippen LogP contribution in [-0.2, 0) is 4.84 Å². The molecule has 0 radical (unpaired) electrons. The molecule has 2 aliphatic heterocycles. The van der Waals surface area contributed by atoms with Crippen LogP contribution in [0.4, 0.5) is 5.69 Å². The molecule has 0 unspecified atom stereocenters. The second-order valence-corrected chi connectivity index (χ2v) is 5.73. The highest BCUT2D eigenvalue weighted by molar-refractivity contribution is 6.41. The summed E-state index contributed by atoms with van der Waals surface area (Å²) in [6.07, 6.45) is 1.76. The van der Waals surface area contributed by atoms with Gasteiger partial charge in [-0.05, 0) is 6.07 Å². The molecule has 1 aromatic heterocycles. The van der Waals surface area contributed by atoms with E-state index >= 15 is 0 Å². The number of nitrogens with zero attached hydrogens (tertiary/aromatic N) is 2. The van der Waals surface area contributed by atoms with E-state index in [1.54, 1.807) is 6.20 Å². The molecule has 1 aromatic rings. The van der Waals surface area contributed by atoms with E-state index < -0.39 is 0 Å². The molecule has 17 heavy (non-hydrogen) atoms. The van der Waals surface area contributed by atoms with E-state index in [9.17, 15) is 0 Å². The lowest BCUT2D eigenvalue weighted by molar-refractivity contribution is 0.0789. The van der Waals surface area contributed by atoms with Gasteiger partial charge in [-0.1, -0.05) is 30.1 Å². The molecule has 1 N–H and O–H groups in total. The Labute approximate surface area is 110 Å². The molecule has 92 valence electrons.